The summed E-state index contributed by atoms with van der Waals surface area (Å²) in [4.78, 5) is 11.1. The molecule has 0 bridgehead atoms. The average Bonchev–Trinajstić information content (AvgIpc) is 2.60. The van der Waals surface area contributed by atoms with Gasteiger partial charge in [-0.25, -0.2) is 9.48 Å². The number of rotatable bonds is 1. The van der Waals surface area contributed by atoms with E-state index in [1.165, 1.54) is 7.11 Å². The minimum atomic E-state index is -0.279. The van der Waals surface area contributed by atoms with Crippen molar-refractivity contribution in [3.63, 3.8) is 0 Å². The summed E-state index contributed by atoms with van der Waals surface area (Å²) in [5, 5.41) is 7.00. The van der Waals surface area contributed by atoms with Gasteiger partial charge >= 0.3 is 5.97 Å². The largest absolute Gasteiger partial charge is 0.467 e. The molecule has 0 fully saturated rings. The van der Waals surface area contributed by atoms with Crippen LogP contribution in [0.2, 0.25) is 0 Å². The fourth-order valence-corrected chi connectivity index (χ4v) is 1.27. The first kappa shape index (κ1) is 7.15. The van der Waals surface area contributed by atoms with Crippen molar-refractivity contribution in [2.75, 3.05) is 12.4 Å². The number of aromatic nitrogens is 2. The Morgan fingerprint density at radius 1 is 1.92 bits per heavy atom. The minimum Gasteiger partial charge on any atom is -0.467 e. The lowest BCUT2D eigenvalue weighted by atomic mass is 10.3. The van der Waals surface area contributed by atoms with Crippen molar-refractivity contribution in [3.8, 4) is 0 Å². The van der Waals surface area contributed by atoms with Gasteiger partial charge in [0.25, 0.3) is 0 Å². The number of esters is 1. The molecule has 2 heterocycles. The highest BCUT2D eigenvalue weighted by molar-refractivity contribution is 5.79. The Labute approximate surface area is 69.3 Å². The Morgan fingerprint density at radius 3 is 3.42 bits per heavy atom. The van der Waals surface area contributed by atoms with Gasteiger partial charge in [-0.15, -0.1) is 0 Å². The maximum Gasteiger partial charge on any atom is 0.330 e. The zero-order valence-corrected chi connectivity index (χ0v) is 6.65. The Bertz CT molecular complexity index is 287. The molecule has 0 saturated heterocycles. The van der Waals surface area contributed by atoms with Gasteiger partial charge in [0.05, 0.1) is 19.9 Å². The molecule has 1 aromatic heterocycles. The van der Waals surface area contributed by atoms with E-state index in [-0.39, 0.29) is 12.0 Å². The monoisotopic (exact) mass is 167 g/mol. The number of methoxy groups -OCH3 is 1. The maximum atomic E-state index is 11.1. The number of anilines is 1. The molecular weight excluding hydrogens is 158 g/mol. The van der Waals surface area contributed by atoms with Crippen molar-refractivity contribution in [2.45, 2.75) is 12.6 Å². The molecule has 0 saturated carbocycles. The van der Waals surface area contributed by atoms with Gasteiger partial charge in [0.15, 0.2) is 0 Å². The van der Waals surface area contributed by atoms with Crippen LogP contribution >= 0.6 is 0 Å². The second-order valence-electron chi connectivity index (χ2n) is 2.62. The van der Waals surface area contributed by atoms with Gasteiger partial charge in [-0.05, 0) is 0 Å². The van der Waals surface area contributed by atoms with Gasteiger partial charge in [-0.1, -0.05) is 0 Å². The third-order valence-corrected chi connectivity index (χ3v) is 1.88. The van der Waals surface area contributed by atoms with E-state index in [4.69, 9.17) is 0 Å². The average molecular weight is 167 g/mol. The van der Waals surface area contributed by atoms with E-state index >= 15 is 0 Å². The van der Waals surface area contributed by atoms with Crippen LogP contribution in [-0.4, -0.2) is 28.9 Å². The van der Waals surface area contributed by atoms with Crippen molar-refractivity contribution in [2.24, 2.45) is 0 Å². The van der Waals surface area contributed by atoms with Gasteiger partial charge < -0.3 is 10.1 Å². The second kappa shape index (κ2) is 2.51. The van der Waals surface area contributed by atoms with Gasteiger partial charge in [0.1, 0.15) is 11.9 Å². The van der Waals surface area contributed by atoms with Crippen LogP contribution < -0.4 is 5.32 Å². The van der Waals surface area contributed by atoms with E-state index in [1.807, 2.05) is 6.07 Å². The zero-order chi connectivity index (χ0) is 8.55. The van der Waals surface area contributed by atoms with Gasteiger partial charge in [0.2, 0.25) is 0 Å². The SMILES string of the molecule is COC(=O)C1Cn2nccc2N1. The summed E-state index contributed by atoms with van der Waals surface area (Å²) in [6, 6.07) is 1.54. The lowest BCUT2D eigenvalue weighted by Gasteiger charge is -2.05. The second-order valence-corrected chi connectivity index (χ2v) is 2.62. The van der Waals surface area contributed by atoms with Crippen LogP contribution in [0.1, 0.15) is 0 Å². The summed E-state index contributed by atoms with van der Waals surface area (Å²) in [7, 11) is 1.38. The summed E-state index contributed by atoms with van der Waals surface area (Å²) in [6.45, 7) is 0.551. The Hall–Kier alpha value is -1.52. The highest BCUT2D eigenvalue weighted by Gasteiger charge is 2.27. The van der Waals surface area contributed by atoms with E-state index < -0.39 is 0 Å². The molecule has 1 N–H and O–H groups in total. The van der Waals surface area contributed by atoms with Crippen LogP contribution in [0.3, 0.4) is 0 Å². The molecule has 64 valence electrons. The number of carbonyl (C=O) groups excluding carboxylic acids is 1. The molecule has 1 aliphatic rings. The normalized spacial score (nSPS) is 19.9. The van der Waals surface area contributed by atoms with E-state index in [0.717, 1.165) is 5.82 Å². The first-order valence-corrected chi connectivity index (χ1v) is 3.67. The lowest BCUT2D eigenvalue weighted by molar-refractivity contribution is -0.141. The number of fused-ring (bicyclic) bond motifs is 1. The molecule has 1 atom stereocenters. The fraction of sp³-hybridized carbons (Fsp3) is 0.429. The van der Waals surface area contributed by atoms with Crippen LogP contribution in [0, 0.1) is 0 Å². The minimum absolute atomic E-state index is 0.250. The van der Waals surface area contributed by atoms with Crippen LogP contribution in [-0.2, 0) is 16.1 Å². The summed E-state index contributed by atoms with van der Waals surface area (Å²) < 4.78 is 6.33. The first-order valence-electron chi connectivity index (χ1n) is 3.67. The van der Waals surface area contributed by atoms with Crippen molar-refractivity contribution < 1.29 is 9.53 Å². The standard InChI is InChI=1S/C7H9N3O2/c1-12-7(11)5-4-10-6(9-5)2-3-8-10/h2-3,5,9H,4H2,1H3. The first-order chi connectivity index (χ1) is 5.81. The number of hydrogen-bond acceptors (Lipinski definition) is 4. The predicted octanol–water partition coefficient (Wildman–Crippen LogP) is -0.150. The molecule has 0 amide bonds. The molecule has 0 aliphatic carbocycles. The van der Waals surface area contributed by atoms with Gasteiger partial charge in [0, 0.05) is 6.07 Å². The summed E-state index contributed by atoms with van der Waals surface area (Å²) in [5.74, 6) is 0.617. The van der Waals surface area contributed by atoms with Crippen LogP contribution in [0.5, 0.6) is 0 Å². The smallest absolute Gasteiger partial charge is 0.330 e. The number of nitrogens with zero attached hydrogens (tertiary/aromatic N) is 2. The topological polar surface area (TPSA) is 56.2 Å². The third kappa shape index (κ3) is 0.939. The van der Waals surface area contributed by atoms with E-state index in [2.05, 4.69) is 15.2 Å². The van der Waals surface area contributed by atoms with Crippen molar-refractivity contribution in [1.82, 2.24) is 9.78 Å². The molecule has 12 heavy (non-hydrogen) atoms. The Balaban J connectivity index is 2.12. The number of hydrogen-bond donors (Lipinski definition) is 1. The molecule has 0 spiro atoms. The fourth-order valence-electron chi connectivity index (χ4n) is 1.27. The van der Waals surface area contributed by atoms with E-state index in [1.54, 1.807) is 10.9 Å². The van der Waals surface area contributed by atoms with Crippen LogP contribution in [0.25, 0.3) is 0 Å². The summed E-state index contributed by atoms with van der Waals surface area (Å²) in [5.41, 5.74) is 0. The van der Waals surface area contributed by atoms with Crippen molar-refractivity contribution >= 4 is 11.8 Å². The van der Waals surface area contributed by atoms with Crippen LogP contribution in [0.15, 0.2) is 12.3 Å². The third-order valence-electron chi connectivity index (χ3n) is 1.88. The van der Waals surface area contributed by atoms with E-state index in [0.29, 0.717) is 6.54 Å². The summed E-state index contributed by atoms with van der Waals surface area (Å²) >= 11 is 0. The highest BCUT2D eigenvalue weighted by atomic mass is 16.5. The van der Waals surface area contributed by atoms with Gasteiger partial charge in [-0.2, -0.15) is 5.10 Å². The Morgan fingerprint density at radius 2 is 2.75 bits per heavy atom. The molecule has 1 aliphatic heterocycles. The lowest BCUT2D eigenvalue weighted by Crippen LogP contribution is -2.28. The van der Waals surface area contributed by atoms with E-state index in [9.17, 15) is 4.79 Å². The summed E-state index contributed by atoms with van der Waals surface area (Å²) in [6.07, 6.45) is 1.69. The van der Waals surface area contributed by atoms with Crippen LogP contribution in [0.4, 0.5) is 5.82 Å². The van der Waals surface area contributed by atoms with Gasteiger partial charge in [-0.3, -0.25) is 0 Å². The molecule has 1 aromatic rings. The molecule has 1 unspecified atom stereocenters. The molecule has 5 heteroatoms. The number of ether oxygens (including phenoxy) is 1. The quantitative estimate of drug-likeness (QED) is 0.591. The predicted molar refractivity (Wildman–Crippen MR) is 41.7 cm³/mol. The molecule has 2 rings (SSSR count). The Kier molecular flexibility index (Phi) is 1.49. The van der Waals surface area contributed by atoms with Crippen molar-refractivity contribution in [1.29, 1.82) is 0 Å². The molecule has 5 nitrogen and oxygen atoms in total. The maximum absolute atomic E-state index is 11.1. The zero-order valence-electron chi connectivity index (χ0n) is 6.65. The molecule has 0 radical (unpaired) electrons. The number of nitrogens with one attached hydrogen (secondary N) is 1. The molecule has 0 aromatic carbocycles. The number of carbonyl (C=O) groups is 1. The highest BCUT2D eigenvalue weighted by Crippen LogP contribution is 2.16. The molecular formula is C7H9N3O2. The van der Waals surface area contributed by atoms with Crippen molar-refractivity contribution in [3.05, 3.63) is 12.3 Å².